The first-order valence-corrected chi connectivity index (χ1v) is 8.41. The Morgan fingerprint density at radius 2 is 1.95 bits per heavy atom. The zero-order chi connectivity index (χ0) is 13.5. The second kappa shape index (κ2) is 6.11. The molecular formula is C16H23ClINO. The molecule has 0 radical (unpaired) electrons. The van der Waals surface area contributed by atoms with Crippen LogP contribution in [0.2, 0.25) is 0 Å². The van der Waals surface area contributed by atoms with Gasteiger partial charge in [0, 0.05) is 8.99 Å². The van der Waals surface area contributed by atoms with E-state index in [1.54, 1.807) is 0 Å². The third-order valence-corrected chi connectivity index (χ3v) is 5.97. The zero-order valence-corrected chi connectivity index (χ0v) is 14.7. The van der Waals surface area contributed by atoms with Gasteiger partial charge in [-0.25, -0.2) is 0 Å². The maximum Gasteiger partial charge on any atom is 0.0747 e. The molecule has 112 valence electrons. The molecule has 0 saturated heterocycles. The van der Waals surface area contributed by atoms with Crippen molar-refractivity contribution in [1.82, 2.24) is 0 Å². The second-order valence-corrected chi connectivity index (χ2v) is 7.41. The molecule has 0 amide bonds. The molecule has 1 saturated carbocycles. The van der Waals surface area contributed by atoms with E-state index in [-0.39, 0.29) is 17.8 Å². The van der Waals surface area contributed by atoms with Crippen LogP contribution in [0.1, 0.15) is 49.7 Å². The fourth-order valence-corrected chi connectivity index (χ4v) is 4.85. The number of aliphatic hydroxyl groups is 1. The molecule has 0 bridgehead atoms. The molecule has 20 heavy (non-hydrogen) atoms. The van der Waals surface area contributed by atoms with Crippen LogP contribution in [0.15, 0.2) is 18.2 Å². The number of benzene rings is 1. The highest BCUT2D eigenvalue weighted by Gasteiger charge is 2.54. The number of hydrogen-bond donors (Lipinski definition) is 2. The van der Waals surface area contributed by atoms with Crippen LogP contribution < -0.4 is 5.73 Å². The predicted molar refractivity (Wildman–Crippen MR) is 93.5 cm³/mol. The van der Waals surface area contributed by atoms with Crippen molar-refractivity contribution < 1.29 is 5.11 Å². The lowest BCUT2D eigenvalue weighted by molar-refractivity contribution is -0.0862. The van der Waals surface area contributed by atoms with E-state index in [0.717, 1.165) is 38.5 Å². The average molecular weight is 408 g/mol. The lowest BCUT2D eigenvalue weighted by Gasteiger charge is -2.54. The minimum absolute atomic E-state index is 0. The van der Waals surface area contributed by atoms with E-state index in [0.29, 0.717) is 6.54 Å². The number of hydrogen-bond acceptors (Lipinski definition) is 2. The van der Waals surface area contributed by atoms with E-state index >= 15 is 0 Å². The Hall–Kier alpha value is 0.160. The molecule has 2 nitrogen and oxygen atoms in total. The summed E-state index contributed by atoms with van der Waals surface area (Å²) < 4.78 is 1.27. The quantitative estimate of drug-likeness (QED) is 0.737. The molecule has 1 fully saturated rings. The molecule has 0 spiro atoms. The van der Waals surface area contributed by atoms with Crippen LogP contribution in [0.25, 0.3) is 0 Å². The van der Waals surface area contributed by atoms with E-state index in [2.05, 4.69) is 40.8 Å². The summed E-state index contributed by atoms with van der Waals surface area (Å²) in [6.45, 7) is 0.660. The smallest absolute Gasteiger partial charge is 0.0747 e. The summed E-state index contributed by atoms with van der Waals surface area (Å²) >= 11 is 2.38. The molecule has 0 heterocycles. The summed E-state index contributed by atoms with van der Waals surface area (Å²) in [6.07, 6.45) is 7.23. The van der Waals surface area contributed by atoms with Gasteiger partial charge in [0.05, 0.1) is 5.60 Å². The molecule has 3 N–H and O–H groups in total. The van der Waals surface area contributed by atoms with Crippen molar-refractivity contribution in [1.29, 1.82) is 0 Å². The molecule has 4 heteroatoms. The van der Waals surface area contributed by atoms with Crippen LogP contribution in [-0.4, -0.2) is 17.3 Å². The number of rotatable bonds is 2. The van der Waals surface area contributed by atoms with Gasteiger partial charge in [0.2, 0.25) is 0 Å². The van der Waals surface area contributed by atoms with Gasteiger partial charge in [-0.15, -0.1) is 12.4 Å². The van der Waals surface area contributed by atoms with Crippen LogP contribution in [0.5, 0.6) is 0 Å². The van der Waals surface area contributed by atoms with Gasteiger partial charge in [0.1, 0.15) is 0 Å². The van der Waals surface area contributed by atoms with E-state index in [1.807, 2.05) is 0 Å². The molecule has 2 atom stereocenters. The fraction of sp³-hybridized carbons (Fsp3) is 0.625. The lowest BCUT2D eigenvalue weighted by atomic mass is 9.53. The number of halogens is 2. The van der Waals surface area contributed by atoms with Crippen molar-refractivity contribution in [3.8, 4) is 0 Å². The van der Waals surface area contributed by atoms with Gasteiger partial charge in [-0.05, 0) is 84.5 Å². The van der Waals surface area contributed by atoms with Gasteiger partial charge < -0.3 is 10.8 Å². The first kappa shape index (κ1) is 16.5. The third-order valence-electron chi connectivity index (χ3n) is 5.30. The maximum atomic E-state index is 11.3. The van der Waals surface area contributed by atoms with Crippen molar-refractivity contribution in [2.45, 2.75) is 56.0 Å². The van der Waals surface area contributed by atoms with Crippen LogP contribution in [0.3, 0.4) is 0 Å². The van der Waals surface area contributed by atoms with Crippen LogP contribution in [0.4, 0.5) is 0 Å². The highest BCUT2D eigenvalue weighted by molar-refractivity contribution is 14.1. The molecule has 3 rings (SSSR count). The molecule has 1 aromatic carbocycles. The summed E-state index contributed by atoms with van der Waals surface area (Å²) in [4.78, 5) is 0. The lowest BCUT2D eigenvalue weighted by Crippen LogP contribution is -2.57. The van der Waals surface area contributed by atoms with Gasteiger partial charge >= 0.3 is 0 Å². The molecule has 2 aliphatic rings. The molecule has 0 unspecified atom stereocenters. The average Bonchev–Trinajstić information content (AvgIpc) is 2.40. The predicted octanol–water partition coefficient (Wildman–Crippen LogP) is 3.55. The summed E-state index contributed by atoms with van der Waals surface area (Å²) in [6, 6.07) is 6.73. The van der Waals surface area contributed by atoms with Gasteiger partial charge in [-0.1, -0.05) is 18.9 Å². The van der Waals surface area contributed by atoms with Crippen LogP contribution in [0, 0.1) is 3.57 Å². The van der Waals surface area contributed by atoms with Crippen molar-refractivity contribution >= 4 is 35.0 Å². The Kier molecular flexibility index (Phi) is 5.05. The van der Waals surface area contributed by atoms with Gasteiger partial charge in [-0.2, -0.15) is 0 Å². The van der Waals surface area contributed by atoms with Crippen molar-refractivity contribution in [2.75, 3.05) is 6.54 Å². The minimum atomic E-state index is -0.526. The summed E-state index contributed by atoms with van der Waals surface area (Å²) in [5.74, 6) is 0. The molecule has 0 aliphatic heterocycles. The normalized spacial score (nSPS) is 31.9. The Morgan fingerprint density at radius 1 is 1.20 bits per heavy atom. The zero-order valence-electron chi connectivity index (χ0n) is 11.7. The summed E-state index contributed by atoms with van der Waals surface area (Å²) in [5.41, 5.74) is 8.11. The first-order chi connectivity index (χ1) is 9.11. The number of nitrogens with two attached hydrogens (primary N) is 1. The fourth-order valence-electron chi connectivity index (χ4n) is 4.36. The van der Waals surface area contributed by atoms with E-state index in [1.165, 1.54) is 21.1 Å². The highest BCUT2D eigenvalue weighted by atomic mass is 127. The molecule has 1 aromatic rings. The first-order valence-electron chi connectivity index (χ1n) is 7.33. The largest absolute Gasteiger partial charge is 0.389 e. The van der Waals surface area contributed by atoms with Gasteiger partial charge in [-0.3, -0.25) is 0 Å². The van der Waals surface area contributed by atoms with Gasteiger partial charge in [0.25, 0.3) is 0 Å². The Bertz CT molecular complexity index is 491. The highest BCUT2D eigenvalue weighted by Crippen LogP contribution is 2.54. The molecule has 0 aromatic heterocycles. The number of aryl methyl sites for hydroxylation is 1. The number of fused-ring (bicyclic) bond motifs is 3. The van der Waals surface area contributed by atoms with E-state index in [4.69, 9.17) is 5.73 Å². The standard InChI is InChI=1S/C16H22INO.ClH/c17-13-4-3-12-5-8-16(19)7-2-1-6-15(16,9-10-18)14(12)11-13;/h3-4,11,19H,1-2,5-10,18H2;1H/t15-,16+;/m0./s1. The summed E-state index contributed by atoms with van der Waals surface area (Å²) in [7, 11) is 0. The van der Waals surface area contributed by atoms with E-state index < -0.39 is 5.60 Å². The second-order valence-electron chi connectivity index (χ2n) is 6.16. The minimum Gasteiger partial charge on any atom is -0.389 e. The Balaban J connectivity index is 0.00000147. The SMILES string of the molecule is Cl.NCC[C@]12CCCC[C@@]1(O)CCc1ccc(I)cc12. The summed E-state index contributed by atoms with van der Waals surface area (Å²) in [5, 5.41) is 11.3. The van der Waals surface area contributed by atoms with Crippen molar-refractivity contribution in [3.05, 3.63) is 32.9 Å². The Labute approximate surface area is 141 Å². The van der Waals surface area contributed by atoms with Gasteiger partial charge in [0.15, 0.2) is 0 Å². The van der Waals surface area contributed by atoms with E-state index in [9.17, 15) is 5.11 Å². The molecule has 2 aliphatic carbocycles. The topological polar surface area (TPSA) is 46.2 Å². The van der Waals surface area contributed by atoms with Crippen LogP contribution >= 0.6 is 35.0 Å². The monoisotopic (exact) mass is 407 g/mol. The van der Waals surface area contributed by atoms with Crippen LogP contribution in [-0.2, 0) is 11.8 Å². The van der Waals surface area contributed by atoms with Crippen molar-refractivity contribution in [3.63, 3.8) is 0 Å². The maximum absolute atomic E-state index is 11.3. The Morgan fingerprint density at radius 3 is 2.70 bits per heavy atom. The van der Waals surface area contributed by atoms with Crippen molar-refractivity contribution in [2.24, 2.45) is 5.73 Å². The third kappa shape index (κ3) is 2.40. The molecular weight excluding hydrogens is 385 g/mol.